The topological polar surface area (TPSA) is 59.8 Å². The molecule has 0 saturated heterocycles. The van der Waals surface area contributed by atoms with Crippen LogP contribution >= 0.6 is 11.3 Å². The third kappa shape index (κ3) is 3.59. The first kappa shape index (κ1) is 15.7. The van der Waals surface area contributed by atoms with Gasteiger partial charge in [-0.25, -0.2) is 9.97 Å². The number of amides is 1. The van der Waals surface area contributed by atoms with Crippen LogP contribution in [0.15, 0.2) is 35.8 Å². The quantitative estimate of drug-likeness (QED) is 0.757. The molecule has 0 fully saturated rings. The van der Waals surface area contributed by atoms with Crippen molar-refractivity contribution in [2.75, 3.05) is 6.54 Å². The van der Waals surface area contributed by atoms with Crippen LogP contribution in [0.25, 0.3) is 11.2 Å². The van der Waals surface area contributed by atoms with Gasteiger partial charge >= 0.3 is 0 Å². The number of imidazole rings is 1. The molecule has 0 unspecified atom stereocenters. The van der Waals surface area contributed by atoms with E-state index in [4.69, 9.17) is 0 Å². The molecule has 1 N–H and O–H groups in total. The van der Waals surface area contributed by atoms with E-state index in [-0.39, 0.29) is 11.9 Å². The van der Waals surface area contributed by atoms with Crippen molar-refractivity contribution in [2.24, 2.45) is 0 Å². The standard InChI is InChI=1S/C17H20N4OS/c1-12(2)21-15(20-14-6-3-8-19-17(14)21)7-9-18-16(22)11-13-5-4-10-23-13/h3-6,8,10,12H,7,9,11H2,1-2H3,(H,18,22). The molecule has 3 heterocycles. The maximum Gasteiger partial charge on any atom is 0.225 e. The minimum Gasteiger partial charge on any atom is -0.355 e. The average Bonchev–Trinajstić information content (AvgIpc) is 3.13. The summed E-state index contributed by atoms with van der Waals surface area (Å²) < 4.78 is 2.14. The van der Waals surface area contributed by atoms with Crippen LogP contribution in [0, 0.1) is 0 Å². The molecule has 0 aromatic carbocycles. The maximum atomic E-state index is 11.9. The van der Waals surface area contributed by atoms with Gasteiger partial charge in [-0.2, -0.15) is 0 Å². The number of aromatic nitrogens is 3. The number of hydrogen-bond donors (Lipinski definition) is 1. The molecular weight excluding hydrogens is 308 g/mol. The van der Waals surface area contributed by atoms with Crippen molar-refractivity contribution in [3.8, 4) is 0 Å². The first-order chi connectivity index (χ1) is 11.1. The summed E-state index contributed by atoms with van der Waals surface area (Å²) in [7, 11) is 0. The van der Waals surface area contributed by atoms with E-state index in [1.54, 1.807) is 17.5 Å². The smallest absolute Gasteiger partial charge is 0.225 e. The van der Waals surface area contributed by atoms with E-state index in [2.05, 4.69) is 33.7 Å². The lowest BCUT2D eigenvalue weighted by Gasteiger charge is -2.12. The second-order valence-electron chi connectivity index (χ2n) is 5.69. The van der Waals surface area contributed by atoms with Gasteiger partial charge in [0.2, 0.25) is 5.91 Å². The van der Waals surface area contributed by atoms with Gasteiger partial charge in [-0.3, -0.25) is 4.79 Å². The zero-order valence-electron chi connectivity index (χ0n) is 13.3. The molecule has 3 aromatic rings. The van der Waals surface area contributed by atoms with E-state index in [1.165, 1.54) is 0 Å². The van der Waals surface area contributed by atoms with E-state index in [0.29, 0.717) is 19.4 Å². The van der Waals surface area contributed by atoms with Crippen LogP contribution in [0.3, 0.4) is 0 Å². The predicted octanol–water partition coefficient (Wildman–Crippen LogP) is 2.98. The van der Waals surface area contributed by atoms with Gasteiger partial charge in [0.15, 0.2) is 5.65 Å². The molecule has 0 aliphatic rings. The molecule has 0 spiro atoms. The Kier molecular flexibility index (Phi) is 4.71. The van der Waals surface area contributed by atoms with Crippen LogP contribution in [-0.2, 0) is 17.6 Å². The van der Waals surface area contributed by atoms with E-state index in [0.717, 1.165) is 21.9 Å². The van der Waals surface area contributed by atoms with Crippen molar-refractivity contribution >= 4 is 28.4 Å². The van der Waals surface area contributed by atoms with Gasteiger partial charge in [0.1, 0.15) is 11.3 Å². The lowest BCUT2D eigenvalue weighted by atomic mass is 10.3. The van der Waals surface area contributed by atoms with Gasteiger partial charge in [0, 0.05) is 30.1 Å². The molecule has 1 amide bonds. The Balaban J connectivity index is 1.65. The second kappa shape index (κ2) is 6.91. The Morgan fingerprint density at radius 2 is 2.22 bits per heavy atom. The molecule has 0 atom stereocenters. The molecule has 0 radical (unpaired) electrons. The highest BCUT2D eigenvalue weighted by Gasteiger charge is 2.14. The van der Waals surface area contributed by atoms with Crippen LogP contribution in [0.1, 0.15) is 30.6 Å². The zero-order valence-corrected chi connectivity index (χ0v) is 14.1. The molecule has 5 nitrogen and oxygen atoms in total. The fraction of sp³-hybridized carbons (Fsp3) is 0.353. The maximum absolute atomic E-state index is 11.9. The molecular formula is C17H20N4OS. The monoisotopic (exact) mass is 328 g/mol. The first-order valence-electron chi connectivity index (χ1n) is 7.76. The minimum atomic E-state index is 0.0535. The Hall–Kier alpha value is -2.21. The summed E-state index contributed by atoms with van der Waals surface area (Å²) in [6.45, 7) is 4.82. The van der Waals surface area contributed by atoms with Gasteiger partial charge in [-0.15, -0.1) is 11.3 Å². The third-order valence-corrected chi connectivity index (χ3v) is 4.50. The predicted molar refractivity (Wildman–Crippen MR) is 92.6 cm³/mol. The number of nitrogens with one attached hydrogen (secondary N) is 1. The minimum absolute atomic E-state index is 0.0535. The van der Waals surface area contributed by atoms with Gasteiger partial charge in [-0.1, -0.05) is 6.07 Å². The Morgan fingerprint density at radius 1 is 1.35 bits per heavy atom. The molecule has 6 heteroatoms. The van der Waals surface area contributed by atoms with Crippen molar-refractivity contribution in [3.05, 3.63) is 46.5 Å². The molecule has 3 rings (SSSR count). The fourth-order valence-corrected chi connectivity index (χ4v) is 3.35. The summed E-state index contributed by atoms with van der Waals surface area (Å²) in [5, 5.41) is 4.96. The SMILES string of the molecule is CC(C)n1c(CCNC(=O)Cc2cccs2)nc2cccnc21. The Bertz CT molecular complexity index is 792. The van der Waals surface area contributed by atoms with E-state index in [9.17, 15) is 4.79 Å². The highest BCUT2D eigenvalue weighted by molar-refractivity contribution is 7.10. The van der Waals surface area contributed by atoms with Crippen molar-refractivity contribution in [2.45, 2.75) is 32.7 Å². The molecule has 0 aliphatic carbocycles. The molecule has 3 aromatic heterocycles. The fourth-order valence-electron chi connectivity index (χ4n) is 2.64. The molecule has 120 valence electrons. The summed E-state index contributed by atoms with van der Waals surface area (Å²) in [5.74, 6) is 1.02. The van der Waals surface area contributed by atoms with E-state index >= 15 is 0 Å². The van der Waals surface area contributed by atoms with Crippen LogP contribution in [-0.4, -0.2) is 27.0 Å². The average molecular weight is 328 g/mol. The van der Waals surface area contributed by atoms with Crippen molar-refractivity contribution < 1.29 is 4.79 Å². The number of fused-ring (bicyclic) bond motifs is 1. The lowest BCUT2D eigenvalue weighted by molar-refractivity contribution is -0.120. The highest BCUT2D eigenvalue weighted by Crippen LogP contribution is 2.19. The Labute approximate surface area is 139 Å². The number of carbonyl (C=O) groups is 1. The molecule has 0 bridgehead atoms. The van der Waals surface area contributed by atoms with Crippen molar-refractivity contribution in [1.29, 1.82) is 0 Å². The molecule has 0 saturated carbocycles. The number of hydrogen-bond acceptors (Lipinski definition) is 4. The summed E-state index contributed by atoms with van der Waals surface area (Å²) in [4.78, 5) is 22.1. The summed E-state index contributed by atoms with van der Waals surface area (Å²) in [5.41, 5.74) is 1.81. The number of thiophene rings is 1. The number of carbonyl (C=O) groups excluding carboxylic acids is 1. The second-order valence-corrected chi connectivity index (χ2v) is 6.73. The number of rotatable bonds is 6. The largest absolute Gasteiger partial charge is 0.355 e. The van der Waals surface area contributed by atoms with Crippen molar-refractivity contribution in [3.63, 3.8) is 0 Å². The summed E-state index contributed by atoms with van der Waals surface area (Å²) >= 11 is 1.60. The zero-order chi connectivity index (χ0) is 16.2. The highest BCUT2D eigenvalue weighted by atomic mass is 32.1. The van der Waals surface area contributed by atoms with Gasteiger partial charge in [0.25, 0.3) is 0 Å². The number of nitrogens with zero attached hydrogens (tertiary/aromatic N) is 3. The van der Waals surface area contributed by atoms with Crippen molar-refractivity contribution in [1.82, 2.24) is 19.9 Å². The van der Waals surface area contributed by atoms with Crippen LogP contribution < -0.4 is 5.32 Å². The van der Waals surface area contributed by atoms with E-state index in [1.807, 2.05) is 29.6 Å². The van der Waals surface area contributed by atoms with Crippen LogP contribution in [0.2, 0.25) is 0 Å². The van der Waals surface area contributed by atoms with E-state index < -0.39 is 0 Å². The summed E-state index contributed by atoms with van der Waals surface area (Å²) in [6.07, 6.45) is 2.93. The normalized spacial score (nSPS) is 11.3. The van der Waals surface area contributed by atoms with Crippen LogP contribution in [0.5, 0.6) is 0 Å². The summed E-state index contributed by atoms with van der Waals surface area (Å²) in [6, 6.07) is 8.10. The molecule has 0 aliphatic heterocycles. The molecule has 23 heavy (non-hydrogen) atoms. The van der Waals surface area contributed by atoms with Gasteiger partial charge in [-0.05, 0) is 37.4 Å². The van der Waals surface area contributed by atoms with Crippen LogP contribution in [0.4, 0.5) is 0 Å². The Morgan fingerprint density at radius 3 is 2.96 bits per heavy atom. The third-order valence-electron chi connectivity index (χ3n) is 3.62. The number of pyridine rings is 1. The lowest BCUT2D eigenvalue weighted by Crippen LogP contribution is -2.27. The first-order valence-corrected chi connectivity index (χ1v) is 8.64. The van der Waals surface area contributed by atoms with Gasteiger partial charge < -0.3 is 9.88 Å². The van der Waals surface area contributed by atoms with Gasteiger partial charge in [0.05, 0.1) is 6.42 Å².